The molecule has 3 heteroatoms. The maximum absolute atomic E-state index is 13.3. The van der Waals surface area contributed by atoms with E-state index in [1.54, 1.807) is 0 Å². The summed E-state index contributed by atoms with van der Waals surface area (Å²) in [6, 6.07) is 0. The van der Waals surface area contributed by atoms with E-state index in [4.69, 9.17) is 4.74 Å². The molecule has 8 atom stereocenters. The van der Waals surface area contributed by atoms with E-state index in [0.29, 0.717) is 34.4 Å². The quantitative estimate of drug-likeness (QED) is 0.208. The second-order valence-electron chi connectivity index (χ2n) is 14.3. The maximum Gasteiger partial charge on any atom is 0.330 e. The van der Waals surface area contributed by atoms with Crippen LogP contribution < -0.4 is 0 Å². The number of unbranched alkanes of at least 4 members (excludes halogenated alkanes) is 2. The molecule has 206 valence electrons. The van der Waals surface area contributed by atoms with Gasteiger partial charge in [-0.3, -0.25) is 4.79 Å². The molecular formula is C33H56O3. The van der Waals surface area contributed by atoms with Crippen molar-refractivity contribution >= 4 is 11.8 Å². The Morgan fingerprint density at radius 3 is 2.39 bits per heavy atom. The Hall–Kier alpha value is -1.12. The number of ketones is 1. The summed E-state index contributed by atoms with van der Waals surface area (Å²) in [5, 5.41) is 0. The van der Waals surface area contributed by atoms with Gasteiger partial charge in [0.25, 0.3) is 0 Å². The summed E-state index contributed by atoms with van der Waals surface area (Å²) in [6.45, 7) is 18.6. The highest BCUT2D eigenvalue weighted by molar-refractivity contribution is 5.85. The Labute approximate surface area is 222 Å². The minimum Gasteiger partial charge on any atom is -0.457 e. The second-order valence-corrected chi connectivity index (χ2v) is 14.3. The van der Waals surface area contributed by atoms with Crippen LogP contribution in [0.3, 0.4) is 0 Å². The third-order valence-corrected chi connectivity index (χ3v) is 10.9. The molecule has 4 rings (SSSR count). The van der Waals surface area contributed by atoms with Crippen LogP contribution in [0, 0.1) is 46.3 Å². The first kappa shape index (κ1) is 29.4. The number of hydrogen-bond donors (Lipinski definition) is 0. The molecule has 0 spiro atoms. The third-order valence-electron chi connectivity index (χ3n) is 10.9. The molecule has 0 amide bonds. The molecule has 0 heterocycles. The first-order chi connectivity index (χ1) is 16.9. The van der Waals surface area contributed by atoms with Gasteiger partial charge in [-0.1, -0.05) is 72.8 Å². The van der Waals surface area contributed by atoms with Gasteiger partial charge < -0.3 is 4.74 Å². The predicted octanol–water partition coefficient (Wildman–Crippen LogP) is 8.94. The molecule has 0 N–H and O–H groups in total. The van der Waals surface area contributed by atoms with E-state index in [1.807, 2.05) is 20.8 Å². The Morgan fingerprint density at radius 2 is 1.78 bits per heavy atom. The topological polar surface area (TPSA) is 43.4 Å². The molecule has 36 heavy (non-hydrogen) atoms. The third kappa shape index (κ3) is 6.12. The fourth-order valence-electron chi connectivity index (χ4n) is 9.32. The van der Waals surface area contributed by atoms with E-state index in [0.717, 1.165) is 30.3 Å². The van der Waals surface area contributed by atoms with E-state index in [2.05, 4.69) is 34.3 Å². The van der Waals surface area contributed by atoms with E-state index in [-0.39, 0.29) is 5.97 Å². The van der Waals surface area contributed by atoms with Crippen molar-refractivity contribution in [2.75, 3.05) is 0 Å². The molecule has 0 bridgehead atoms. The van der Waals surface area contributed by atoms with Gasteiger partial charge in [0.2, 0.25) is 0 Å². The van der Waals surface area contributed by atoms with Crippen LogP contribution in [0.25, 0.3) is 0 Å². The summed E-state index contributed by atoms with van der Waals surface area (Å²) < 4.78 is 4.83. The molecule has 3 nitrogen and oxygen atoms in total. The van der Waals surface area contributed by atoms with Gasteiger partial charge in [-0.05, 0) is 99.7 Å². The molecule has 1 unspecified atom stereocenters. The monoisotopic (exact) mass is 500 g/mol. The van der Waals surface area contributed by atoms with Crippen LogP contribution in [-0.2, 0) is 14.3 Å². The summed E-state index contributed by atoms with van der Waals surface area (Å²) in [6.07, 6.45) is 18.8. The summed E-state index contributed by atoms with van der Waals surface area (Å²) in [5.74, 6) is 4.66. The van der Waals surface area contributed by atoms with Crippen LogP contribution in [0.1, 0.15) is 132 Å². The number of carbonyl (C=O) groups excluding carboxylic acids is 2. The predicted molar refractivity (Wildman–Crippen MR) is 150 cm³/mol. The smallest absolute Gasteiger partial charge is 0.330 e. The molecule has 4 aliphatic carbocycles. The molecule has 0 aliphatic heterocycles. The number of esters is 1. The van der Waals surface area contributed by atoms with Gasteiger partial charge in [-0.2, -0.15) is 0 Å². The Balaban J connectivity index is 0.000000345. The maximum atomic E-state index is 13.3. The van der Waals surface area contributed by atoms with Crippen LogP contribution in [0.4, 0.5) is 0 Å². The Bertz CT molecular complexity index is 778. The molecule has 4 aliphatic rings. The van der Waals surface area contributed by atoms with E-state index < -0.39 is 5.60 Å². The summed E-state index contributed by atoms with van der Waals surface area (Å²) in [7, 11) is 0. The molecule has 4 saturated carbocycles. The summed E-state index contributed by atoms with van der Waals surface area (Å²) >= 11 is 0. The number of hydrogen-bond acceptors (Lipinski definition) is 3. The second kappa shape index (κ2) is 11.7. The standard InChI is InChI=1S/C26H44O.C7H12O2/c1-5-6-7-10-18(2)24-23(27)17-22-20-13-12-19-11-8-9-15-25(19,3)21(20)14-16-26(22,24)4;1-5-6(8)9-7(2,3)4/h18-22,24H,5-17H2,1-4H3;5H,1H2,2-4H3/t18-,19?,20-,21+,22+,24+,25+,26+;/m1./s1. The number of fused-ring (bicyclic) bond motifs is 5. The lowest BCUT2D eigenvalue weighted by Crippen LogP contribution is -2.53. The summed E-state index contributed by atoms with van der Waals surface area (Å²) in [5.41, 5.74) is 0.503. The molecule has 0 aromatic heterocycles. The van der Waals surface area contributed by atoms with E-state index in [1.165, 1.54) is 77.0 Å². The lowest BCUT2D eigenvalue weighted by molar-refractivity contribution is -0.148. The van der Waals surface area contributed by atoms with Crippen molar-refractivity contribution < 1.29 is 14.3 Å². The van der Waals surface area contributed by atoms with Crippen molar-refractivity contribution in [3.05, 3.63) is 12.7 Å². The van der Waals surface area contributed by atoms with Crippen LogP contribution >= 0.6 is 0 Å². The zero-order valence-corrected chi connectivity index (χ0v) is 24.7. The number of Topliss-reactive ketones (excluding diaryl/α,β-unsaturated/α-hetero) is 1. The van der Waals surface area contributed by atoms with Crippen molar-refractivity contribution in [3.63, 3.8) is 0 Å². The van der Waals surface area contributed by atoms with Crippen molar-refractivity contribution in [2.24, 2.45) is 46.3 Å². The number of ether oxygens (including phenoxy) is 1. The highest BCUT2D eigenvalue weighted by Gasteiger charge is 2.62. The van der Waals surface area contributed by atoms with Crippen LogP contribution in [0.2, 0.25) is 0 Å². The molecular weight excluding hydrogens is 444 g/mol. The van der Waals surface area contributed by atoms with Crippen LogP contribution in [0.5, 0.6) is 0 Å². The van der Waals surface area contributed by atoms with Gasteiger partial charge in [0.1, 0.15) is 11.4 Å². The summed E-state index contributed by atoms with van der Waals surface area (Å²) in [4.78, 5) is 23.7. The zero-order valence-electron chi connectivity index (χ0n) is 24.7. The Kier molecular flexibility index (Phi) is 9.59. The molecule has 0 saturated heterocycles. The minimum atomic E-state index is -0.398. The average Bonchev–Trinajstić information content (AvgIpc) is 3.08. The minimum absolute atomic E-state index is 0.307. The zero-order chi connectivity index (χ0) is 26.7. The fraction of sp³-hybridized carbons (Fsp3) is 0.879. The lowest BCUT2D eigenvalue weighted by Gasteiger charge is -2.60. The first-order valence-corrected chi connectivity index (χ1v) is 15.3. The Morgan fingerprint density at radius 1 is 1.06 bits per heavy atom. The number of carbonyl (C=O) groups is 2. The van der Waals surface area contributed by atoms with E-state index >= 15 is 0 Å². The molecule has 0 aromatic carbocycles. The SMILES string of the molecule is C=CC(=O)OC(C)(C)C.CCCCC[C@@H](C)[C@H]1C(=O)C[C@H]2[C@@H]3CCC4CCCC[C@]4(C)[C@H]3CC[C@]12C. The lowest BCUT2D eigenvalue weighted by atomic mass is 9.44. The van der Waals surface area contributed by atoms with Gasteiger partial charge in [0, 0.05) is 18.4 Å². The van der Waals surface area contributed by atoms with Gasteiger partial charge in [-0.25, -0.2) is 4.79 Å². The molecule has 4 fully saturated rings. The van der Waals surface area contributed by atoms with Crippen LogP contribution in [0.15, 0.2) is 12.7 Å². The fourth-order valence-corrected chi connectivity index (χ4v) is 9.32. The average molecular weight is 501 g/mol. The van der Waals surface area contributed by atoms with Crippen molar-refractivity contribution in [3.8, 4) is 0 Å². The highest BCUT2D eigenvalue weighted by atomic mass is 16.6. The van der Waals surface area contributed by atoms with Gasteiger partial charge in [0.15, 0.2) is 0 Å². The number of rotatable bonds is 6. The van der Waals surface area contributed by atoms with Gasteiger partial charge in [-0.15, -0.1) is 0 Å². The van der Waals surface area contributed by atoms with Gasteiger partial charge >= 0.3 is 5.97 Å². The molecule has 0 aromatic rings. The molecule has 0 radical (unpaired) electrons. The van der Waals surface area contributed by atoms with Crippen molar-refractivity contribution in [1.29, 1.82) is 0 Å². The highest BCUT2D eigenvalue weighted by Crippen LogP contribution is 2.67. The largest absolute Gasteiger partial charge is 0.457 e. The van der Waals surface area contributed by atoms with Crippen LogP contribution in [-0.4, -0.2) is 17.4 Å². The normalized spacial score (nSPS) is 38.5. The van der Waals surface area contributed by atoms with Crippen molar-refractivity contribution in [1.82, 2.24) is 0 Å². The first-order valence-electron chi connectivity index (χ1n) is 15.3. The van der Waals surface area contributed by atoms with E-state index in [9.17, 15) is 9.59 Å². The van der Waals surface area contributed by atoms with Crippen molar-refractivity contribution in [2.45, 2.75) is 138 Å². The van der Waals surface area contributed by atoms with Gasteiger partial charge in [0.05, 0.1) is 0 Å².